The van der Waals surface area contributed by atoms with Crippen molar-refractivity contribution in [2.24, 2.45) is 5.92 Å². The van der Waals surface area contributed by atoms with E-state index >= 15 is 0 Å². The Morgan fingerprint density at radius 3 is 1.91 bits per heavy atom. The van der Waals surface area contributed by atoms with Gasteiger partial charge in [0.2, 0.25) is 11.8 Å². The van der Waals surface area contributed by atoms with Crippen molar-refractivity contribution in [2.45, 2.75) is 131 Å². The van der Waals surface area contributed by atoms with E-state index < -0.39 is 58.7 Å². The molecule has 3 atom stereocenters. The lowest BCUT2D eigenvalue weighted by Gasteiger charge is -2.45. The third-order valence-corrected chi connectivity index (χ3v) is 7.69. The molecule has 0 aromatic heterocycles. The lowest BCUT2D eigenvalue weighted by Crippen LogP contribution is -2.61. The summed E-state index contributed by atoms with van der Waals surface area (Å²) in [6.07, 6.45) is -0.146. The standard InChI is InChI=1S/C37H55N3O7/c1-13-37(11,12)40(32(43)29(23(2)3)39-34(45)47-36(8,9)10)30(26-19-20-28(41)24(4)21-26)31(42)38-27(33(44)46-35(5,6)7)22-25-17-15-14-16-18-25/h14-21,23,27,29-30,41H,13,22H2,1-12H3,(H,38,42)(H,39,45). The van der Waals surface area contributed by atoms with Gasteiger partial charge in [-0.25, -0.2) is 9.59 Å². The minimum Gasteiger partial charge on any atom is -0.508 e. The number of carbonyl (C=O) groups is 4. The number of phenolic OH excluding ortho intramolecular Hbond substituents is 1. The van der Waals surface area contributed by atoms with Crippen molar-refractivity contribution >= 4 is 23.9 Å². The molecule has 0 aliphatic rings. The summed E-state index contributed by atoms with van der Waals surface area (Å²) >= 11 is 0. The monoisotopic (exact) mass is 653 g/mol. The molecule has 47 heavy (non-hydrogen) atoms. The highest BCUT2D eigenvalue weighted by Crippen LogP contribution is 2.34. The first-order chi connectivity index (χ1) is 21.6. The van der Waals surface area contributed by atoms with Crippen LogP contribution in [0.5, 0.6) is 5.75 Å². The van der Waals surface area contributed by atoms with Crippen molar-refractivity contribution in [3.8, 4) is 5.75 Å². The van der Waals surface area contributed by atoms with E-state index in [1.54, 1.807) is 74.4 Å². The van der Waals surface area contributed by atoms with Crippen LogP contribution in [-0.4, -0.2) is 62.7 Å². The van der Waals surface area contributed by atoms with Crippen molar-refractivity contribution in [2.75, 3.05) is 0 Å². The molecule has 3 amide bonds. The van der Waals surface area contributed by atoms with E-state index in [0.717, 1.165) is 5.56 Å². The largest absolute Gasteiger partial charge is 0.508 e. The number of carbonyl (C=O) groups excluding carboxylic acids is 4. The SMILES string of the molecule is CCC(C)(C)N(C(=O)C(NC(=O)OC(C)(C)C)C(C)C)C(C(=O)NC(Cc1ccccc1)C(=O)OC(C)(C)C)c1ccc(O)c(C)c1. The van der Waals surface area contributed by atoms with Gasteiger partial charge in [-0.3, -0.25) is 9.59 Å². The Morgan fingerprint density at radius 1 is 0.851 bits per heavy atom. The number of nitrogens with one attached hydrogen (secondary N) is 2. The number of hydrogen-bond acceptors (Lipinski definition) is 7. The lowest BCUT2D eigenvalue weighted by molar-refractivity contribution is -0.159. The normalized spacial score (nSPS) is 14.1. The highest BCUT2D eigenvalue weighted by atomic mass is 16.6. The fraction of sp³-hybridized carbons (Fsp3) is 0.568. The van der Waals surface area contributed by atoms with Crippen LogP contribution in [0.15, 0.2) is 48.5 Å². The molecule has 0 bridgehead atoms. The summed E-state index contributed by atoms with van der Waals surface area (Å²) < 4.78 is 11.2. The minimum absolute atomic E-state index is 0.0305. The average Bonchev–Trinajstić information content (AvgIpc) is 2.93. The molecule has 0 fully saturated rings. The molecule has 3 unspecified atom stereocenters. The topological polar surface area (TPSA) is 134 Å². The second-order valence-electron chi connectivity index (χ2n) is 15.0. The molecule has 0 radical (unpaired) electrons. The summed E-state index contributed by atoms with van der Waals surface area (Å²) in [7, 11) is 0. The minimum atomic E-state index is -1.25. The Balaban J connectivity index is 2.73. The Morgan fingerprint density at radius 2 is 1.43 bits per heavy atom. The predicted octanol–water partition coefficient (Wildman–Crippen LogP) is 6.38. The first-order valence-electron chi connectivity index (χ1n) is 16.3. The number of esters is 1. The van der Waals surface area contributed by atoms with Gasteiger partial charge in [0.25, 0.3) is 0 Å². The first kappa shape index (κ1) is 39.1. The number of phenols is 1. The Labute approximate surface area is 280 Å². The average molecular weight is 654 g/mol. The van der Waals surface area contributed by atoms with Crippen LogP contribution in [0.4, 0.5) is 4.79 Å². The number of alkyl carbamates (subject to hydrolysis) is 1. The third kappa shape index (κ3) is 11.6. The summed E-state index contributed by atoms with van der Waals surface area (Å²) in [6, 6.07) is 10.6. The summed E-state index contributed by atoms with van der Waals surface area (Å²) in [4.78, 5) is 57.3. The molecule has 260 valence electrons. The van der Waals surface area contributed by atoms with Crippen LogP contribution in [0.2, 0.25) is 0 Å². The van der Waals surface area contributed by atoms with Gasteiger partial charge in [-0.15, -0.1) is 0 Å². The van der Waals surface area contributed by atoms with Gasteiger partial charge in [0.1, 0.15) is 35.1 Å². The van der Waals surface area contributed by atoms with Crippen LogP contribution in [0.25, 0.3) is 0 Å². The highest BCUT2D eigenvalue weighted by Gasteiger charge is 2.45. The molecule has 10 heteroatoms. The molecule has 2 aromatic carbocycles. The van der Waals surface area contributed by atoms with Gasteiger partial charge in [-0.05, 0) is 103 Å². The van der Waals surface area contributed by atoms with E-state index in [1.165, 1.54) is 11.0 Å². The predicted molar refractivity (Wildman–Crippen MR) is 183 cm³/mol. The van der Waals surface area contributed by atoms with Gasteiger partial charge in [0.05, 0.1) is 0 Å². The van der Waals surface area contributed by atoms with Crippen LogP contribution in [0.1, 0.15) is 105 Å². The van der Waals surface area contributed by atoms with Gasteiger partial charge in [-0.2, -0.15) is 0 Å². The Kier molecular flexibility index (Phi) is 13.0. The molecule has 2 aromatic rings. The smallest absolute Gasteiger partial charge is 0.408 e. The van der Waals surface area contributed by atoms with E-state index in [0.29, 0.717) is 17.5 Å². The second-order valence-corrected chi connectivity index (χ2v) is 15.0. The van der Waals surface area contributed by atoms with Crippen molar-refractivity contribution in [3.05, 3.63) is 65.2 Å². The van der Waals surface area contributed by atoms with Crippen LogP contribution < -0.4 is 10.6 Å². The van der Waals surface area contributed by atoms with Crippen LogP contribution >= 0.6 is 0 Å². The Hall–Kier alpha value is -4.08. The van der Waals surface area contributed by atoms with Crippen molar-refractivity contribution in [3.63, 3.8) is 0 Å². The summed E-state index contributed by atoms with van der Waals surface area (Å²) in [5.41, 5.74) is -0.775. The summed E-state index contributed by atoms with van der Waals surface area (Å²) in [6.45, 7) is 21.3. The summed E-state index contributed by atoms with van der Waals surface area (Å²) in [5, 5.41) is 16.0. The maximum atomic E-state index is 14.7. The molecule has 0 spiro atoms. The lowest BCUT2D eigenvalue weighted by atomic mass is 9.89. The maximum absolute atomic E-state index is 14.7. The Bertz CT molecular complexity index is 1390. The molecule has 2 rings (SSSR count). The number of nitrogens with zero attached hydrogens (tertiary/aromatic N) is 1. The zero-order valence-electron chi connectivity index (χ0n) is 30.2. The van der Waals surface area contributed by atoms with E-state index in [9.17, 15) is 24.3 Å². The molecule has 0 heterocycles. The molecule has 0 saturated carbocycles. The summed E-state index contributed by atoms with van der Waals surface area (Å²) in [5.74, 6) is -2.07. The maximum Gasteiger partial charge on any atom is 0.408 e. The molecule has 0 aliphatic carbocycles. The quantitative estimate of drug-likeness (QED) is 0.227. The van der Waals surface area contributed by atoms with Gasteiger partial charge in [0, 0.05) is 12.0 Å². The molecule has 0 aliphatic heterocycles. The zero-order valence-corrected chi connectivity index (χ0v) is 30.2. The fourth-order valence-electron chi connectivity index (χ4n) is 4.98. The van der Waals surface area contributed by atoms with E-state index in [1.807, 2.05) is 51.1 Å². The number of rotatable bonds is 12. The van der Waals surface area contributed by atoms with Crippen molar-refractivity contribution in [1.82, 2.24) is 15.5 Å². The number of aryl methyl sites for hydroxylation is 1. The van der Waals surface area contributed by atoms with Gasteiger partial charge >= 0.3 is 12.1 Å². The van der Waals surface area contributed by atoms with Crippen molar-refractivity contribution in [1.29, 1.82) is 0 Å². The zero-order chi connectivity index (χ0) is 35.9. The van der Waals surface area contributed by atoms with Crippen molar-refractivity contribution < 1.29 is 33.8 Å². The van der Waals surface area contributed by atoms with E-state index in [-0.39, 0.29) is 18.1 Å². The second kappa shape index (κ2) is 15.7. The van der Waals surface area contributed by atoms with E-state index in [4.69, 9.17) is 9.47 Å². The molecule has 0 saturated heterocycles. The molecular formula is C37H55N3O7. The van der Waals surface area contributed by atoms with Gasteiger partial charge in [-0.1, -0.05) is 57.2 Å². The number of ether oxygens (including phenoxy) is 2. The van der Waals surface area contributed by atoms with Crippen LogP contribution in [0, 0.1) is 12.8 Å². The van der Waals surface area contributed by atoms with Gasteiger partial charge in [0.15, 0.2) is 0 Å². The van der Waals surface area contributed by atoms with Crippen LogP contribution in [-0.2, 0) is 30.3 Å². The molecular weight excluding hydrogens is 598 g/mol. The number of amides is 3. The first-order valence-corrected chi connectivity index (χ1v) is 16.3. The number of hydrogen-bond donors (Lipinski definition) is 3. The molecule has 10 nitrogen and oxygen atoms in total. The van der Waals surface area contributed by atoms with Crippen LogP contribution in [0.3, 0.4) is 0 Å². The fourth-order valence-corrected chi connectivity index (χ4v) is 4.98. The third-order valence-electron chi connectivity index (χ3n) is 7.69. The highest BCUT2D eigenvalue weighted by molar-refractivity contribution is 5.94. The van der Waals surface area contributed by atoms with Gasteiger partial charge < -0.3 is 30.1 Å². The molecule has 3 N–H and O–H groups in total. The number of aromatic hydroxyl groups is 1. The van der Waals surface area contributed by atoms with E-state index in [2.05, 4.69) is 10.6 Å². The number of benzene rings is 2.